The Bertz CT molecular complexity index is 648. The number of anilines is 1. The molecule has 1 N–H and O–H groups in total. The van der Waals surface area contributed by atoms with Gasteiger partial charge in [0.1, 0.15) is 11.6 Å². The molecule has 2 atom stereocenters. The summed E-state index contributed by atoms with van der Waals surface area (Å²) in [6.45, 7) is 3.78. The maximum absolute atomic E-state index is 13.5. The third kappa shape index (κ3) is 4.31. The number of hydrogen-bond donors (Lipinski definition) is 1. The molecule has 0 radical (unpaired) electrons. The Morgan fingerprint density at radius 1 is 1.09 bits per heavy atom. The molecule has 0 bridgehead atoms. The fraction of sp³-hybridized carbons (Fsp3) is 0.235. The van der Waals surface area contributed by atoms with Gasteiger partial charge in [-0.15, -0.1) is 11.8 Å². The van der Waals surface area contributed by atoms with Crippen molar-refractivity contribution in [2.45, 2.75) is 24.3 Å². The summed E-state index contributed by atoms with van der Waals surface area (Å²) < 4.78 is 26.4. The summed E-state index contributed by atoms with van der Waals surface area (Å²) >= 11 is 1.48. The van der Waals surface area contributed by atoms with Crippen LogP contribution in [0.4, 0.5) is 14.5 Å². The zero-order chi connectivity index (χ0) is 16.1. The molecule has 0 aromatic heterocycles. The van der Waals surface area contributed by atoms with Crippen LogP contribution in [0.25, 0.3) is 0 Å². The fourth-order valence-electron chi connectivity index (χ4n) is 2.00. The lowest BCUT2D eigenvalue weighted by molar-refractivity contribution is -0.115. The van der Waals surface area contributed by atoms with E-state index in [0.717, 1.165) is 17.7 Å². The lowest BCUT2D eigenvalue weighted by Gasteiger charge is -2.17. The SMILES string of the molecule is CC(SC(C)c1ccccc1)C(=O)Nc1ccc(F)cc1F. The number of carbonyl (C=O) groups excluding carboxylic acids is 1. The smallest absolute Gasteiger partial charge is 0.237 e. The van der Waals surface area contributed by atoms with Gasteiger partial charge in [0, 0.05) is 11.3 Å². The third-order valence-electron chi connectivity index (χ3n) is 3.24. The van der Waals surface area contributed by atoms with Gasteiger partial charge in [-0.3, -0.25) is 4.79 Å². The molecule has 0 aliphatic carbocycles. The monoisotopic (exact) mass is 321 g/mol. The van der Waals surface area contributed by atoms with Crippen LogP contribution in [0.15, 0.2) is 48.5 Å². The number of benzene rings is 2. The van der Waals surface area contributed by atoms with Crippen LogP contribution in [0, 0.1) is 11.6 Å². The molecule has 0 saturated heterocycles. The van der Waals surface area contributed by atoms with E-state index >= 15 is 0 Å². The van der Waals surface area contributed by atoms with Gasteiger partial charge in [0.25, 0.3) is 0 Å². The topological polar surface area (TPSA) is 29.1 Å². The largest absolute Gasteiger partial charge is 0.323 e. The number of nitrogens with one attached hydrogen (secondary N) is 1. The second-order valence-corrected chi connectivity index (χ2v) is 6.63. The molecule has 5 heteroatoms. The van der Waals surface area contributed by atoms with Crippen molar-refractivity contribution in [3.63, 3.8) is 0 Å². The first-order valence-electron chi connectivity index (χ1n) is 6.93. The van der Waals surface area contributed by atoms with Gasteiger partial charge in [-0.05, 0) is 31.5 Å². The van der Waals surface area contributed by atoms with Gasteiger partial charge >= 0.3 is 0 Å². The number of thioether (sulfide) groups is 1. The molecule has 0 aliphatic rings. The molecule has 0 spiro atoms. The van der Waals surface area contributed by atoms with Crippen LogP contribution in [-0.4, -0.2) is 11.2 Å². The van der Waals surface area contributed by atoms with Gasteiger partial charge in [0.15, 0.2) is 0 Å². The Hall–Kier alpha value is -1.88. The number of halogens is 2. The van der Waals surface area contributed by atoms with Crippen molar-refractivity contribution in [1.29, 1.82) is 0 Å². The summed E-state index contributed by atoms with van der Waals surface area (Å²) in [4.78, 5) is 12.1. The normalized spacial score (nSPS) is 13.5. The highest BCUT2D eigenvalue weighted by molar-refractivity contribution is 8.00. The van der Waals surface area contributed by atoms with E-state index in [1.807, 2.05) is 37.3 Å². The van der Waals surface area contributed by atoms with E-state index in [4.69, 9.17) is 0 Å². The summed E-state index contributed by atoms with van der Waals surface area (Å²) in [5.41, 5.74) is 1.12. The lowest BCUT2D eigenvalue weighted by Crippen LogP contribution is -2.23. The Kier molecular flexibility index (Phi) is 5.55. The molecule has 2 aromatic rings. The zero-order valence-corrected chi connectivity index (χ0v) is 13.2. The van der Waals surface area contributed by atoms with Gasteiger partial charge in [-0.2, -0.15) is 0 Å². The number of carbonyl (C=O) groups is 1. The van der Waals surface area contributed by atoms with Crippen molar-refractivity contribution in [3.8, 4) is 0 Å². The molecule has 22 heavy (non-hydrogen) atoms. The fourth-order valence-corrected chi connectivity index (χ4v) is 3.10. The van der Waals surface area contributed by atoms with E-state index in [-0.39, 0.29) is 22.1 Å². The number of amides is 1. The Morgan fingerprint density at radius 3 is 2.41 bits per heavy atom. The summed E-state index contributed by atoms with van der Waals surface area (Å²) in [6, 6.07) is 12.9. The first kappa shape index (κ1) is 16.5. The zero-order valence-electron chi connectivity index (χ0n) is 12.3. The minimum absolute atomic E-state index is 0.00814. The number of rotatable bonds is 5. The molecule has 2 aromatic carbocycles. The van der Waals surface area contributed by atoms with E-state index in [1.165, 1.54) is 17.8 Å². The first-order valence-corrected chi connectivity index (χ1v) is 7.88. The lowest BCUT2D eigenvalue weighted by atomic mass is 10.2. The second kappa shape index (κ2) is 7.40. The molecule has 0 fully saturated rings. The predicted molar refractivity (Wildman–Crippen MR) is 86.9 cm³/mol. The van der Waals surface area contributed by atoms with Crippen molar-refractivity contribution in [2.75, 3.05) is 5.32 Å². The maximum atomic E-state index is 13.5. The molecule has 0 aliphatic heterocycles. The van der Waals surface area contributed by atoms with E-state index in [9.17, 15) is 13.6 Å². The van der Waals surface area contributed by atoms with Crippen LogP contribution in [0.5, 0.6) is 0 Å². The molecule has 1 amide bonds. The minimum Gasteiger partial charge on any atom is -0.323 e. The van der Waals surface area contributed by atoms with Gasteiger partial charge in [-0.1, -0.05) is 30.3 Å². The van der Waals surface area contributed by atoms with Gasteiger partial charge in [-0.25, -0.2) is 8.78 Å². The van der Waals surface area contributed by atoms with E-state index < -0.39 is 11.6 Å². The Morgan fingerprint density at radius 2 is 1.77 bits per heavy atom. The van der Waals surface area contributed by atoms with Gasteiger partial charge < -0.3 is 5.32 Å². The first-order chi connectivity index (χ1) is 10.5. The van der Waals surface area contributed by atoms with Crippen molar-refractivity contribution in [1.82, 2.24) is 0 Å². The Labute approximate surface area is 132 Å². The van der Waals surface area contributed by atoms with Crippen molar-refractivity contribution >= 4 is 23.4 Å². The minimum atomic E-state index is -0.776. The van der Waals surface area contributed by atoms with Crippen LogP contribution in [0.2, 0.25) is 0 Å². The van der Waals surface area contributed by atoms with E-state index in [0.29, 0.717) is 0 Å². The molecule has 0 saturated carbocycles. The maximum Gasteiger partial charge on any atom is 0.237 e. The van der Waals surface area contributed by atoms with Crippen LogP contribution in [0.3, 0.4) is 0 Å². The van der Waals surface area contributed by atoms with Gasteiger partial charge in [0.2, 0.25) is 5.91 Å². The standard InChI is InChI=1S/C17H17F2NOS/c1-11(13-6-4-3-5-7-13)22-12(2)17(21)20-16-9-8-14(18)10-15(16)19/h3-12H,1-2H3,(H,20,21). The van der Waals surface area contributed by atoms with Crippen molar-refractivity contribution in [2.24, 2.45) is 0 Å². The summed E-state index contributed by atoms with van der Waals surface area (Å²) in [6.07, 6.45) is 0. The van der Waals surface area contributed by atoms with E-state index in [1.54, 1.807) is 6.92 Å². The highest BCUT2D eigenvalue weighted by Crippen LogP contribution is 2.32. The van der Waals surface area contributed by atoms with Crippen LogP contribution >= 0.6 is 11.8 Å². The summed E-state index contributed by atoms with van der Waals surface area (Å²) in [5, 5.41) is 2.27. The summed E-state index contributed by atoms with van der Waals surface area (Å²) in [5.74, 6) is -1.75. The van der Waals surface area contributed by atoms with Crippen molar-refractivity contribution < 1.29 is 13.6 Å². The van der Waals surface area contributed by atoms with Crippen LogP contribution < -0.4 is 5.32 Å². The molecular formula is C17H17F2NOS. The summed E-state index contributed by atoms with van der Waals surface area (Å²) in [7, 11) is 0. The van der Waals surface area contributed by atoms with Crippen LogP contribution in [-0.2, 0) is 4.79 Å². The molecular weight excluding hydrogens is 304 g/mol. The second-order valence-electron chi connectivity index (χ2n) is 4.94. The molecule has 0 heterocycles. The average molecular weight is 321 g/mol. The highest BCUT2D eigenvalue weighted by Gasteiger charge is 2.19. The molecule has 2 unspecified atom stereocenters. The van der Waals surface area contributed by atoms with Crippen LogP contribution in [0.1, 0.15) is 24.7 Å². The average Bonchev–Trinajstić information content (AvgIpc) is 2.50. The highest BCUT2D eigenvalue weighted by atomic mass is 32.2. The molecule has 116 valence electrons. The molecule has 2 nitrogen and oxygen atoms in total. The predicted octanol–water partition coefficient (Wildman–Crippen LogP) is 4.79. The quantitative estimate of drug-likeness (QED) is 0.858. The molecule has 2 rings (SSSR count). The van der Waals surface area contributed by atoms with E-state index in [2.05, 4.69) is 5.32 Å². The van der Waals surface area contributed by atoms with Crippen molar-refractivity contribution in [3.05, 3.63) is 65.7 Å². The van der Waals surface area contributed by atoms with Gasteiger partial charge in [0.05, 0.1) is 10.9 Å². The Balaban J connectivity index is 1.97. The number of hydrogen-bond acceptors (Lipinski definition) is 2. The third-order valence-corrected chi connectivity index (χ3v) is 4.54.